The number of amides is 2. The number of nitrogens with one attached hydrogen (secondary N) is 3. The van der Waals surface area contributed by atoms with Gasteiger partial charge in [-0.2, -0.15) is 0 Å². The lowest BCUT2D eigenvalue weighted by atomic mass is 9.95. The summed E-state index contributed by atoms with van der Waals surface area (Å²) >= 11 is 0. The Balaban J connectivity index is 1.75. The van der Waals surface area contributed by atoms with Gasteiger partial charge in [0.15, 0.2) is 0 Å². The lowest BCUT2D eigenvalue weighted by Crippen LogP contribution is -2.38. The molecule has 1 saturated carbocycles. The Labute approximate surface area is 191 Å². The molecule has 2 amide bonds. The van der Waals surface area contributed by atoms with Crippen molar-refractivity contribution in [2.75, 3.05) is 6.54 Å². The minimum atomic E-state index is -0.447. The molecule has 2 aromatic heterocycles. The number of aromatic nitrogens is 4. The van der Waals surface area contributed by atoms with Crippen LogP contribution in [-0.2, 0) is 23.1 Å². The quantitative estimate of drug-likeness (QED) is 0.611. The van der Waals surface area contributed by atoms with E-state index in [2.05, 4.69) is 20.6 Å². The van der Waals surface area contributed by atoms with Gasteiger partial charge < -0.3 is 20.2 Å². The molecule has 8 nitrogen and oxygen atoms in total. The zero-order valence-corrected chi connectivity index (χ0v) is 20.7. The van der Waals surface area contributed by atoms with Crippen LogP contribution < -0.4 is 10.6 Å². The van der Waals surface area contributed by atoms with Gasteiger partial charge in [0.05, 0.1) is 17.9 Å². The highest BCUT2D eigenvalue weighted by atomic mass is 16.2. The molecule has 1 unspecified atom stereocenters. The number of aryl methyl sites for hydroxylation is 1. The summed E-state index contributed by atoms with van der Waals surface area (Å²) in [5.41, 5.74) is 1.85. The Kier molecular flexibility index (Phi) is 6.54. The summed E-state index contributed by atoms with van der Waals surface area (Å²) < 4.78 is 2.02. The fourth-order valence-electron chi connectivity index (χ4n) is 3.53. The first-order chi connectivity index (χ1) is 14.8. The van der Waals surface area contributed by atoms with E-state index in [4.69, 9.17) is 4.98 Å². The molecule has 3 N–H and O–H groups in total. The summed E-state index contributed by atoms with van der Waals surface area (Å²) in [5.74, 6) is 2.18. The second-order valence-corrected chi connectivity index (χ2v) is 11.0. The van der Waals surface area contributed by atoms with Crippen LogP contribution in [0.25, 0.3) is 11.4 Å². The van der Waals surface area contributed by atoms with Crippen molar-refractivity contribution in [3.05, 3.63) is 23.5 Å². The van der Waals surface area contributed by atoms with E-state index in [1.165, 1.54) is 0 Å². The third-order valence-corrected chi connectivity index (χ3v) is 5.90. The van der Waals surface area contributed by atoms with Gasteiger partial charge >= 0.3 is 0 Å². The molecule has 0 spiro atoms. The standard InChI is InChI=1S/C24H38N6O2/c1-14-18(16-13-26-17(30(16)8)11-12-25-21(31)23(2,3)4)28-20(27-14)19(15-9-10-15)29-22(32)24(5,6)7/h13,15,19H,9-12H2,1-8H3,(H,25,31)(H,27,28)(H,29,32). The topological polar surface area (TPSA) is 105 Å². The molecule has 1 fully saturated rings. The Morgan fingerprint density at radius 1 is 1.16 bits per heavy atom. The van der Waals surface area contributed by atoms with Gasteiger partial charge in [0, 0.05) is 36.5 Å². The molecule has 0 aliphatic heterocycles. The van der Waals surface area contributed by atoms with Gasteiger partial charge in [-0.25, -0.2) is 9.97 Å². The zero-order chi connectivity index (χ0) is 23.8. The second kappa shape index (κ2) is 8.71. The smallest absolute Gasteiger partial charge is 0.225 e. The fourth-order valence-corrected chi connectivity index (χ4v) is 3.53. The van der Waals surface area contributed by atoms with E-state index in [9.17, 15) is 9.59 Å². The van der Waals surface area contributed by atoms with Crippen LogP contribution in [0.5, 0.6) is 0 Å². The van der Waals surface area contributed by atoms with Crippen molar-refractivity contribution in [2.24, 2.45) is 23.8 Å². The van der Waals surface area contributed by atoms with Gasteiger partial charge in [-0.05, 0) is 25.7 Å². The first kappa shape index (κ1) is 24.0. The maximum absolute atomic E-state index is 12.6. The van der Waals surface area contributed by atoms with Crippen molar-refractivity contribution < 1.29 is 9.59 Å². The van der Waals surface area contributed by atoms with E-state index in [-0.39, 0.29) is 17.9 Å². The van der Waals surface area contributed by atoms with Crippen LogP contribution in [0.3, 0.4) is 0 Å². The minimum absolute atomic E-state index is 0.0307. The van der Waals surface area contributed by atoms with Crippen LogP contribution in [0.4, 0.5) is 0 Å². The number of carbonyl (C=O) groups excluding carboxylic acids is 2. The number of nitrogens with zero attached hydrogens (tertiary/aromatic N) is 3. The van der Waals surface area contributed by atoms with E-state index < -0.39 is 10.8 Å². The molecule has 0 bridgehead atoms. The lowest BCUT2D eigenvalue weighted by Gasteiger charge is -2.23. The van der Waals surface area contributed by atoms with Crippen molar-refractivity contribution in [3.63, 3.8) is 0 Å². The van der Waals surface area contributed by atoms with Crippen molar-refractivity contribution >= 4 is 11.8 Å². The molecular formula is C24H38N6O2. The molecular weight excluding hydrogens is 404 g/mol. The van der Waals surface area contributed by atoms with Gasteiger partial charge in [-0.3, -0.25) is 9.59 Å². The number of H-pyrrole nitrogens is 1. The molecule has 0 aromatic carbocycles. The normalized spacial score (nSPS) is 15.5. The highest BCUT2D eigenvalue weighted by Gasteiger charge is 2.37. The Morgan fingerprint density at radius 3 is 2.34 bits per heavy atom. The largest absolute Gasteiger partial charge is 0.355 e. The average Bonchev–Trinajstić information content (AvgIpc) is 3.36. The van der Waals surface area contributed by atoms with Crippen LogP contribution in [0, 0.1) is 23.7 Å². The van der Waals surface area contributed by atoms with E-state index >= 15 is 0 Å². The number of rotatable bonds is 7. The summed E-state index contributed by atoms with van der Waals surface area (Å²) in [4.78, 5) is 37.6. The van der Waals surface area contributed by atoms with Gasteiger partial charge in [0.1, 0.15) is 17.3 Å². The van der Waals surface area contributed by atoms with Crippen LogP contribution in [0.1, 0.15) is 77.8 Å². The molecule has 2 aromatic rings. The SMILES string of the molecule is Cc1[nH]c(C(NC(=O)C(C)(C)C)C2CC2)nc1-c1cnc(CCNC(=O)C(C)(C)C)n1C. The van der Waals surface area contributed by atoms with Crippen molar-refractivity contribution in [2.45, 2.75) is 73.8 Å². The number of hydrogen-bond donors (Lipinski definition) is 3. The highest BCUT2D eigenvalue weighted by Crippen LogP contribution is 2.41. The summed E-state index contributed by atoms with van der Waals surface area (Å²) in [6.45, 7) is 14.0. The molecule has 3 rings (SSSR count). The zero-order valence-electron chi connectivity index (χ0n) is 20.7. The number of aromatic amines is 1. The van der Waals surface area contributed by atoms with E-state index in [0.717, 1.165) is 41.6 Å². The van der Waals surface area contributed by atoms with Crippen molar-refractivity contribution in [1.29, 1.82) is 0 Å². The molecule has 176 valence electrons. The van der Waals surface area contributed by atoms with Crippen LogP contribution >= 0.6 is 0 Å². The lowest BCUT2D eigenvalue weighted by molar-refractivity contribution is -0.129. The van der Waals surface area contributed by atoms with Crippen molar-refractivity contribution in [1.82, 2.24) is 30.2 Å². The Bertz CT molecular complexity index is 985. The van der Waals surface area contributed by atoms with Crippen molar-refractivity contribution in [3.8, 4) is 11.4 Å². The molecule has 8 heteroatoms. The molecule has 2 heterocycles. The number of imidazole rings is 2. The van der Waals surface area contributed by atoms with Gasteiger partial charge in [0.2, 0.25) is 11.8 Å². The molecule has 1 atom stereocenters. The molecule has 1 aliphatic carbocycles. The van der Waals surface area contributed by atoms with Crippen LogP contribution in [0.2, 0.25) is 0 Å². The summed E-state index contributed by atoms with van der Waals surface area (Å²) in [6, 6.07) is -0.102. The summed E-state index contributed by atoms with van der Waals surface area (Å²) in [7, 11) is 1.97. The summed E-state index contributed by atoms with van der Waals surface area (Å²) in [5, 5.41) is 6.18. The van der Waals surface area contributed by atoms with E-state index in [1.54, 1.807) is 0 Å². The fraction of sp³-hybridized carbons (Fsp3) is 0.667. The van der Waals surface area contributed by atoms with Gasteiger partial charge in [-0.1, -0.05) is 41.5 Å². The summed E-state index contributed by atoms with van der Waals surface area (Å²) in [6.07, 6.45) is 4.66. The second-order valence-electron chi connectivity index (χ2n) is 11.0. The third kappa shape index (κ3) is 5.40. The minimum Gasteiger partial charge on any atom is -0.355 e. The first-order valence-electron chi connectivity index (χ1n) is 11.5. The first-order valence-corrected chi connectivity index (χ1v) is 11.5. The van der Waals surface area contributed by atoms with E-state index in [1.807, 2.05) is 66.3 Å². The van der Waals surface area contributed by atoms with E-state index in [0.29, 0.717) is 18.9 Å². The molecule has 0 saturated heterocycles. The average molecular weight is 443 g/mol. The van der Waals surface area contributed by atoms with Crippen LogP contribution in [0.15, 0.2) is 6.20 Å². The predicted molar refractivity (Wildman–Crippen MR) is 125 cm³/mol. The maximum Gasteiger partial charge on any atom is 0.225 e. The molecule has 32 heavy (non-hydrogen) atoms. The monoisotopic (exact) mass is 442 g/mol. The van der Waals surface area contributed by atoms with Gasteiger partial charge in [0.25, 0.3) is 0 Å². The Morgan fingerprint density at radius 2 is 1.78 bits per heavy atom. The maximum atomic E-state index is 12.6. The Hall–Kier alpha value is -2.64. The molecule has 0 radical (unpaired) electrons. The molecule has 1 aliphatic rings. The highest BCUT2D eigenvalue weighted by molar-refractivity contribution is 5.82. The number of hydrogen-bond acceptors (Lipinski definition) is 4. The number of carbonyl (C=O) groups is 2. The predicted octanol–water partition coefficient (Wildman–Crippen LogP) is 3.44. The van der Waals surface area contributed by atoms with Crippen LogP contribution in [-0.4, -0.2) is 37.9 Å². The van der Waals surface area contributed by atoms with Gasteiger partial charge in [-0.15, -0.1) is 0 Å². The third-order valence-electron chi connectivity index (χ3n) is 5.90.